The molecule has 1 saturated heterocycles. The molecule has 132 valence electrons. The van der Waals surface area contributed by atoms with Crippen LogP contribution in [0, 0.1) is 23.2 Å². The molecule has 2 atom stereocenters. The van der Waals surface area contributed by atoms with E-state index < -0.39 is 23.0 Å². The van der Waals surface area contributed by atoms with Crippen molar-refractivity contribution in [2.24, 2.45) is 11.8 Å². The average molecular weight is 334 g/mol. The van der Waals surface area contributed by atoms with E-state index in [9.17, 15) is 19.6 Å². The summed E-state index contributed by atoms with van der Waals surface area (Å²) in [6.45, 7) is 7.12. The van der Waals surface area contributed by atoms with Crippen molar-refractivity contribution >= 4 is 17.8 Å². The van der Waals surface area contributed by atoms with Crippen molar-refractivity contribution in [1.29, 1.82) is 5.26 Å². The van der Waals surface area contributed by atoms with Crippen molar-refractivity contribution in [2.75, 3.05) is 6.54 Å². The molecule has 0 aromatic rings. The molecule has 7 nitrogen and oxygen atoms in total. The topological polar surface area (TPSA) is 102 Å². The summed E-state index contributed by atoms with van der Waals surface area (Å²) in [5.41, 5.74) is -1.89. The van der Waals surface area contributed by atoms with Gasteiger partial charge in [0.05, 0.1) is 6.07 Å². The number of urea groups is 1. The van der Waals surface area contributed by atoms with E-state index in [-0.39, 0.29) is 18.4 Å². The summed E-state index contributed by atoms with van der Waals surface area (Å²) in [4.78, 5) is 37.9. The molecule has 2 rings (SSSR count). The summed E-state index contributed by atoms with van der Waals surface area (Å²) in [6.07, 6.45) is 3.14. The Kier molecular flexibility index (Phi) is 4.88. The van der Waals surface area contributed by atoms with Crippen molar-refractivity contribution in [3.63, 3.8) is 0 Å². The van der Waals surface area contributed by atoms with Crippen LogP contribution in [0.3, 0.4) is 0 Å². The van der Waals surface area contributed by atoms with E-state index in [2.05, 4.69) is 30.6 Å². The summed E-state index contributed by atoms with van der Waals surface area (Å²) in [5, 5.41) is 14.7. The number of nitriles is 1. The predicted molar refractivity (Wildman–Crippen MR) is 87.6 cm³/mol. The highest BCUT2D eigenvalue weighted by Gasteiger charge is 2.49. The molecule has 0 aromatic heterocycles. The first-order valence-corrected chi connectivity index (χ1v) is 8.47. The molecule has 4 amide bonds. The lowest BCUT2D eigenvalue weighted by Crippen LogP contribution is -2.51. The third-order valence-electron chi connectivity index (χ3n) is 4.89. The summed E-state index contributed by atoms with van der Waals surface area (Å²) in [7, 11) is 0. The van der Waals surface area contributed by atoms with Crippen LogP contribution in [0.2, 0.25) is 0 Å². The zero-order chi connectivity index (χ0) is 18.1. The number of carbonyl (C=O) groups is 3. The molecule has 0 spiro atoms. The molecule has 2 fully saturated rings. The van der Waals surface area contributed by atoms with Crippen LogP contribution in [0.15, 0.2) is 0 Å². The number of hydrogen-bond acceptors (Lipinski definition) is 4. The number of carbonyl (C=O) groups excluding carboxylic acids is 3. The smallest absolute Gasteiger partial charge is 0.325 e. The summed E-state index contributed by atoms with van der Waals surface area (Å²) in [6, 6.07) is 1.58. The lowest BCUT2D eigenvalue weighted by Gasteiger charge is -2.25. The van der Waals surface area contributed by atoms with Gasteiger partial charge in [0.15, 0.2) is 0 Å². The van der Waals surface area contributed by atoms with E-state index in [4.69, 9.17) is 0 Å². The van der Waals surface area contributed by atoms with Crippen molar-refractivity contribution in [3.05, 3.63) is 0 Å². The monoisotopic (exact) mass is 334 g/mol. The van der Waals surface area contributed by atoms with Crippen LogP contribution in [0.4, 0.5) is 4.79 Å². The van der Waals surface area contributed by atoms with E-state index in [0.717, 1.165) is 24.2 Å². The Morgan fingerprint density at radius 2 is 2.12 bits per heavy atom. The molecule has 0 radical (unpaired) electrons. The zero-order valence-electron chi connectivity index (χ0n) is 14.8. The number of nitrogens with zero attached hydrogens (tertiary/aromatic N) is 2. The van der Waals surface area contributed by atoms with Gasteiger partial charge in [-0.1, -0.05) is 13.8 Å². The number of hydrogen-bond donors (Lipinski definition) is 2. The Morgan fingerprint density at radius 1 is 1.50 bits per heavy atom. The van der Waals surface area contributed by atoms with Gasteiger partial charge in [0.25, 0.3) is 5.91 Å². The van der Waals surface area contributed by atoms with Crippen LogP contribution < -0.4 is 10.6 Å². The second-order valence-electron chi connectivity index (χ2n) is 7.72. The zero-order valence-corrected chi connectivity index (χ0v) is 14.8. The Labute approximate surface area is 142 Å². The van der Waals surface area contributed by atoms with E-state index in [1.165, 1.54) is 0 Å². The number of rotatable bonds is 7. The molecule has 0 unspecified atom stereocenters. The summed E-state index contributed by atoms with van der Waals surface area (Å²) >= 11 is 0. The van der Waals surface area contributed by atoms with Crippen LogP contribution >= 0.6 is 0 Å². The van der Waals surface area contributed by atoms with Gasteiger partial charge >= 0.3 is 6.03 Å². The lowest BCUT2D eigenvalue weighted by molar-refractivity contribution is -0.135. The second kappa shape index (κ2) is 6.42. The van der Waals surface area contributed by atoms with Gasteiger partial charge in [-0.25, -0.2) is 4.79 Å². The molecular weight excluding hydrogens is 308 g/mol. The third kappa shape index (κ3) is 3.69. The maximum Gasteiger partial charge on any atom is 0.325 e. The van der Waals surface area contributed by atoms with Crippen molar-refractivity contribution in [1.82, 2.24) is 15.5 Å². The van der Waals surface area contributed by atoms with E-state index >= 15 is 0 Å². The standard InChI is InChI=1S/C17H26N4O3/c1-11(2)7-8-16(3)14(23)21(15(24)20-16)9-13(22)19-17(4,10-18)12-5-6-12/h11-12H,5-9H2,1-4H3,(H,19,22)(H,20,24)/t16-,17+/m0/s1. The highest BCUT2D eigenvalue weighted by atomic mass is 16.2. The quantitative estimate of drug-likeness (QED) is 0.689. The van der Waals surface area contributed by atoms with Crippen LogP contribution in [0.1, 0.15) is 53.4 Å². The SMILES string of the molecule is CC(C)CC[C@]1(C)NC(=O)N(CC(=O)N[C@](C)(C#N)C2CC2)C1=O. The fraction of sp³-hybridized carbons (Fsp3) is 0.765. The highest BCUT2D eigenvalue weighted by Crippen LogP contribution is 2.39. The van der Waals surface area contributed by atoms with Gasteiger partial charge in [-0.2, -0.15) is 5.26 Å². The Balaban J connectivity index is 1.99. The molecule has 1 heterocycles. The summed E-state index contributed by atoms with van der Waals surface area (Å²) < 4.78 is 0. The van der Waals surface area contributed by atoms with Crippen molar-refractivity contribution in [3.8, 4) is 6.07 Å². The van der Waals surface area contributed by atoms with Gasteiger partial charge in [-0.15, -0.1) is 0 Å². The molecular formula is C17H26N4O3. The van der Waals surface area contributed by atoms with Crippen LogP contribution in [-0.4, -0.2) is 40.4 Å². The van der Waals surface area contributed by atoms with Gasteiger partial charge in [0, 0.05) is 0 Å². The molecule has 0 aromatic carbocycles. The molecule has 2 N–H and O–H groups in total. The second-order valence-corrected chi connectivity index (χ2v) is 7.72. The number of nitrogens with one attached hydrogen (secondary N) is 2. The third-order valence-corrected chi connectivity index (χ3v) is 4.89. The minimum atomic E-state index is -0.962. The minimum Gasteiger partial charge on any atom is -0.336 e. The van der Waals surface area contributed by atoms with E-state index in [1.54, 1.807) is 13.8 Å². The predicted octanol–water partition coefficient (Wildman–Crippen LogP) is 1.54. The summed E-state index contributed by atoms with van der Waals surface area (Å²) in [5.74, 6) is -0.305. The lowest BCUT2D eigenvalue weighted by atomic mass is 9.92. The minimum absolute atomic E-state index is 0.144. The number of imide groups is 1. The molecule has 1 aliphatic carbocycles. The normalized spacial score (nSPS) is 26.1. The van der Waals surface area contributed by atoms with E-state index in [0.29, 0.717) is 12.3 Å². The van der Waals surface area contributed by atoms with Crippen molar-refractivity contribution in [2.45, 2.75) is 64.5 Å². The van der Waals surface area contributed by atoms with E-state index in [1.807, 2.05) is 0 Å². The number of amides is 4. The van der Waals surface area contributed by atoms with Gasteiger partial charge < -0.3 is 10.6 Å². The molecule has 1 saturated carbocycles. The molecule has 7 heteroatoms. The van der Waals surface area contributed by atoms with Crippen LogP contribution in [0.25, 0.3) is 0 Å². The first-order valence-electron chi connectivity index (χ1n) is 8.47. The van der Waals surface area contributed by atoms with Gasteiger partial charge in [-0.05, 0) is 51.4 Å². The van der Waals surface area contributed by atoms with Gasteiger partial charge in [0.1, 0.15) is 17.6 Å². The average Bonchev–Trinajstić information content (AvgIpc) is 3.32. The fourth-order valence-corrected chi connectivity index (χ4v) is 2.99. The fourth-order valence-electron chi connectivity index (χ4n) is 2.99. The van der Waals surface area contributed by atoms with Gasteiger partial charge in [0.2, 0.25) is 5.91 Å². The van der Waals surface area contributed by atoms with Crippen LogP contribution in [-0.2, 0) is 9.59 Å². The Morgan fingerprint density at radius 3 is 2.62 bits per heavy atom. The Hall–Kier alpha value is -2.10. The molecule has 0 bridgehead atoms. The van der Waals surface area contributed by atoms with Crippen molar-refractivity contribution < 1.29 is 14.4 Å². The molecule has 1 aliphatic heterocycles. The molecule has 24 heavy (non-hydrogen) atoms. The van der Waals surface area contributed by atoms with Crippen LogP contribution in [0.5, 0.6) is 0 Å². The largest absolute Gasteiger partial charge is 0.336 e. The first kappa shape index (κ1) is 18.2. The Bertz CT molecular complexity index is 593. The highest BCUT2D eigenvalue weighted by molar-refractivity contribution is 6.08. The van der Waals surface area contributed by atoms with Gasteiger partial charge in [-0.3, -0.25) is 14.5 Å². The maximum absolute atomic E-state index is 12.6. The first-order chi connectivity index (χ1) is 11.1. The molecule has 2 aliphatic rings. The maximum atomic E-state index is 12.6.